The lowest BCUT2D eigenvalue weighted by molar-refractivity contribution is -0.385. The Bertz CT molecular complexity index is 1140. The number of amides is 1. The van der Waals surface area contributed by atoms with E-state index in [1.807, 2.05) is 0 Å². The number of nitro benzene ring substituents is 1. The van der Waals surface area contributed by atoms with E-state index in [0.717, 1.165) is 0 Å². The highest BCUT2D eigenvalue weighted by Gasteiger charge is 2.23. The van der Waals surface area contributed by atoms with Crippen molar-refractivity contribution in [2.75, 3.05) is 12.1 Å². The van der Waals surface area contributed by atoms with E-state index in [1.54, 1.807) is 24.3 Å². The van der Waals surface area contributed by atoms with Gasteiger partial charge in [0.05, 0.1) is 29.0 Å². The largest absolute Gasteiger partial charge is 0.467 e. The van der Waals surface area contributed by atoms with Gasteiger partial charge in [-0.2, -0.15) is 0 Å². The lowest BCUT2D eigenvalue weighted by Gasteiger charge is -2.20. The maximum absolute atomic E-state index is 12.7. The molecule has 0 unspecified atom stereocenters. The number of benzene rings is 2. The monoisotopic (exact) mass is 424 g/mol. The SMILES string of the molecule is O=C(Nc1ccccc1C(=O)OCc1cc([N+](=O)[O-])cc2c1OCOC2)c1ccco1. The Morgan fingerprint density at radius 3 is 2.77 bits per heavy atom. The number of ether oxygens (including phenoxy) is 3. The number of furan rings is 1. The second kappa shape index (κ2) is 8.67. The fourth-order valence-electron chi connectivity index (χ4n) is 3.08. The summed E-state index contributed by atoms with van der Waals surface area (Å²) in [6, 6.07) is 12.0. The zero-order chi connectivity index (χ0) is 21.8. The number of hydrogen-bond donors (Lipinski definition) is 1. The van der Waals surface area contributed by atoms with Crippen LogP contribution in [0.25, 0.3) is 0 Å². The fraction of sp³-hybridized carbons (Fsp3) is 0.143. The summed E-state index contributed by atoms with van der Waals surface area (Å²) in [6.07, 6.45) is 1.36. The van der Waals surface area contributed by atoms with Gasteiger partial charge < -0.3 is 23.9 Å². The average molecular weight is 424 g/mol. The summed E-state index contributed by atoms with van der Waals surface area (Å²) in [6.45, 7) is -0.115. The predicted octanol–water partition coefficient (Wildman–Crippen LogP) is 3.66. The Morgan fingerprint density at radius 1 is 1.16 bits per heavy atom. The van der Waals surface area contributed by atoms with Gasteiger partial charge in [0.1, 0.15) is 12.4 Å². The number of carbonyl (C=O) groups excluding carboxylic acids is 2. The molecule has 0 fully saturated rings. The summed E-state index contributed by atoms with van der Waals surface area (Å²) in [5, 5.41) is 13.8. The van der Waals surface area contributed by atoms with Crippen LogP contribution in [0.5, 0.6) is 5.75 Å². The first kappa shape index (κ1) is 20.1. The van der Waals surface area contributed by atoms with Crippen LogP contribution < -0.4 is 10.1 Å². The predicted molar refractivity (Wildman–Crippen MR) is 106 cm³/mol. The van der Waals surface area contributed by atoms with E-state index < -0.39 is 16.8 Å². The third-order valence-corrected chi connectivity index (χ3v) is 4.48. The van der Waals surface area contributed by atoms with Crippen LogP contribution >= 0.6 is 0 Å². The number of nitro groups is 1. The maximum Gasteiger partial charge on any atom is 0.340 e. The molecule has 0 bridgehead atoms. The van der Waals surface area contributed by atoms with Crippen molar-refractivity contribution in [1.29, 1.82) is 0 Å². The smallest absolute Gasteiger partial charge is 0.340 e. The lowest BCUT2D eigenvalue weighted by Crippen LogP contribution is -2.16. The molecular formula is C21H16N2O8. The molecule has 1 amide bonds. The van der Waals surface area contributed by atoms with Gasteiger partial charge in [0.15, 0.2) is 12.6 Å². The highest BCUT2D eigenvalue weighted by molar-refractivity contribution is 6.06. The van der Waals surface area contributed by atoms with Gasteiger partial charge in [0, 0.05) is 23.3 Å². The second-order valence-corrected chi connectivity index (χ2v) is 6.51. The number of para-hydroxylation sites is 1. The summed E-state index contributed by atoms with van der Waals surface area (Å²) >= 11 is 0. The number of nitrogens with zero attached hydrogens (tertiary/aromatic N) is 1. The molecule has 0 saturated carbocycles. The fourth-order valence-corrected chi connectivity index (χ4v) is 3.08. The van der Waals surface area contributed by atoms with Crippen LogP contribution in [0.1, 0.15) is 32.0 Å². The van der Waals surface area contributed by atoms with Crippen molar-refractivity contribution in [3.05, 3.63) is 87.4 Å². The number of nitrogens with one attached hydrogen (secondary N) is 1. The van der Waals surface area contributed by atoms with E-state index in [4.69, 9.17) is 18.6 Å². The third-order valence-electron chi connectivity index (χ3n) is 4.48. The van der Waals surface area contributed by atoms with Crippen molar-refractivity contribution in [2.24, 2.45) is 0 Å². The maximum atomic E-state index is 12.7. The molecule has 1 aliphatic heterocycles. The Kier molecular flexibility index (Phi) is 5.63. The summed E-state index contributed by atoms with van der Waals surface area (Å²) in [5.41, 5.74) is 1.03. The molecule has 1 aromatic heterocycles. The third kappa shape index (κ3) is 4.38. The van der Waals surface area contributed by atoms with Crippen LogP contribution in [0, 0.1) is 10.1 Å². The Labute approximate surface area is 175 Å². The zero-order valence-corrected chi connectivity index (χ0v) is 16.0. The molecule has 2 heterocycles. The molecule has 158 valence electrons. The minimum atomic E-state index is -0.720. The standard InChI is InChI=1S/C21H16N2O8/c24-20(18-6-3-7-29-18)22-17-5-2-1-4-16(17)21(25)30-11-14-9-15(23(26)27)8-13-10-28-12-31-19(13)14/h1-9H,10-12H2,(H,22,24). The van der Waals surface area contributed by atoms with Gasteiger partial charge in [-0.3, -0.25) is 14.9 Å². The quantitative estimate of drug-likeness (QED) is 0.360. The molecule has 1 N–H and O–H groups in total. The molecule has 3 aromatic rings. The number of anilines is 1. The Hall–Kier alpha value is -4.18. The molecule has 1 aliphatic rings. The molecule has 0 aliphatic carbocycles. The summed E-state index contributed by atoms with van der Waals surface area (Å²) in [7, 11) is 0. The normalized spacial score (nSPS) is 12.4. The van der Waals surface area contributed by atoms with Crippen LogP contribution in [-0.4, -0.2) is 23.6 Å². The molecule has 10 heteroatoms. The van der Waals surface area contributed by atoms with Crippen molar-refractivity contribution in [2.45, 2.75) is 13.2 Å². The Morgan fingerprint density at radius 2 is 2.00 bits per heavy atom. The van der Waals surface area contributed by atoms with Gasteiger partial charge in [-0.15, -0.1) is 0 Å². The van der Waals surface area contributed by atoms with Crippen molar-refractivity contribution in [1.82, 2.24) is 0 Å². The Balaban J connectivity index is 1.53. The highest BCUT2D eigenvalue weighted by Crippen LogP contribution is 2.33. The molecular weight excluding hydrogens is 408 g/mol. The number of hydrogen-bond acceptors (Lipinski definition) is 8. The number of non-ortho nitro benzene ring substituents is 1. The summed E-state index contributed by atoms with van der Waals surface area (Å²) in [4.78, 5) is 35.6. The summed E-state index contributed by atoms with van der Waals surface area (Å²) in [5.74, 6) is -0.760. The molecule has 31 heavy (non-hydrogen) atoms. The van der Waals surface area contributed by atoms with Crippen LogP contribution in [0.15, 0.2) is 59.2 Å². The molecule has 0 saturated heterocycles. The van der Waals surface area contributed by atoms with E-state index in [2.05, 4.69) is 5.32 Å². The van der Waals surface area contributed by atoms with E-state index in [9.17, 15) is 19.7 Å². The van der Waals surface area contributed by atoms with Gasteiger partial charge in [0.25, 0.3) is 11.6 Å². The van der Waals surface area contributed by atoms with Crippen LogP contribution in [0.3, 0.4) is 0 Å². The first-order chi connectivity index (χ1) is 15.0. The van der Waals surface area contributed by atoms with Crippen LogP contribution in [0.4, 0.5) is 11.4 Å². The van der Waals surface area contributed by atoms with Gasteiger partial charge in [-0.1, -0.05) is 12.1 Å². The second-order valence-electron chi connectivity index (χ2n) is 6.51. The molecule has 2 aromatic carbocycles. The number of fused-ring (bicyclic) bond motifs is 1. The first-order valence-electron chi connectivity index (χ1n) is 9.14. The minimum absolute atomic E-state index is 0.00655. The molecule has 0 spiro atoms. The van der Waals surface area contributed by atoms with Crippen molar-refractivity contribution in [3.8, 4) is 5.75 Å². The first-order valence-corrected chi connectivity index (χ1v) is 9.14. The van der Waals surface area contributed by atoms with Crippen molar-refractivity contribution >= 4 is 23.3 Å². The molecule has 0 atom stereocenters. The van der Waals surface area contributed by atoms with Gasteiger partial charge in [0.2, 0.25) is 0 Å². The van der Waals surface area contributed by atoms with E-state index >= 15 is 0 Å². The van der Waals surface area contributed by atoms with E-state index in [1.165, 1.54) is 30.5 Å². The van der Waals surface area contributed by atoms with Crippen molar-refractivity contribution < 1.29 is 33.1 Å². The lowest BCUT2D eigenvalue weighted by atomic mass is 10.1. The van der Waals surface area contributed by atoms with Crippen LogP contribution in [-0.2, 0) is 22.7 Å². The zero-order valence-electron chi connectivity index (χ0n) is 16.0. The van der Waals surface area contributed by atoms with E-state index in [-0.39, 0.29) is 42.7 Å². The molecule has 0 radical (unpaired) electrons. The summed E-state index contributed by atoms with van der Waals surface area (Å²) < 4.78 is 21.0. The van der Waals surface area contributed by atoms with Crippen LogP contribution in [0.2, 0.25) is 0 Å². The number of rotatable bonds is 6. The minimum Gasteiger partial charge on any atom is -0.467 e. The average Bonchev–Trinajstić information content (AvgIpc) is 3.32. The van der Waals surface area contributed by atoms with Crippen molar-refractivity contribution in [3.63, 3.8) is 0 Å². The molecule has 4 rings (SSSR count). The highest BCUT2D eigenvalue weighted by atomic mass is 16.7. The van der Waals surface area contributed by atoms with Gasteiger partial charge >= 0.3 is 5.97 Å². The van der Waals surface area contributed by atoms with Gasteiger partial charge in [-0.05, 0) is 24.3 Å². The number of carbonyl (C=O) groups is 2. The van der Waals surface area contributed by atoms with E-state index in [0.29, 0.717) is 16.9 Å². The molecule has 10 nitrogen and oxygen atoms in total. The topological polar surface area (TPSA) is 130 Å². The number of esters is 1. The van der Waals surface area contributed by atoms with Gasteiger partial charge in [-0.25, -0.2) is 4.79 Å².